The fourth-order valence-electron chi connectivity index (χ4n) is 2.14. The highest BCUT2D eigenvalue weighted by Gasteiger charge is 2.28. The van der Waals surface area contributed by atoms with Crippen molar-refractivity contribution in [3.05, 3.63) is 35.9 Å². The number of rotatable bonds is 3. The van der Waals surface area contributed by atoms with Crippen LogP contribution in [0.3, 0.4) is 0 Å². The first-order valence-corrected chi connectivity index (χ1v) is 5.47. The van der Waals surface area contributed by atoms with Crippen molar-refractivity contribution in [2.45, 2.75) is 19.1 Å². The summed E-state index contributed by atoms with van der Waals surface area (Å²) >= 11 is 0. The van der Waals surface area contributed by atoms with Crippen molar-refractivity contribution in [3.8, 4) is 0 Å². The number of benzene rings is 1. The number of nitrogens with zero attached hydrogens (tertiary/aromatic N) is 1. The number of hydrogen-bond acceptors (Lipinski definition) is 3. The van der Waals surface area contributed by atoms with Crippen molar-refractivity contribution < 1.29 is 5.11 Å². The van der Waals surface area contributed by atoms with Crippen LogP contribution in [0.4, 0.5) is 0 Å². The highest BCUT2D eigenvalue weighted by molar-refractivity contribution is 5.20. The summed E-state index contributed by atoms with van der Waals surface area (Å²) in [6.45, 7) is 4.09. The van der Waals surface area contributed by atoms with E-state index in [0.717, 1.165) is 13.1 Å². The molecule has 0 amide bonds. The molecule has 2 unspecified atom stereocenters. The monoisotopic (exact) mass is 206 g/mol. The average Bonchev–Trinajstić information content (AvgIpc) is 2.63. The van der Waals surface area contributed by atoms with E-state index in [1.165, 1.54) is 5.56 Å². The Labute approximate surface area is 90.7 Å². The summed E-state index contributed by atoms with van der Waals surface area (Å²) in [6.07, 6.45) is 0.349. The first-order chi connectivity index (χ1) is 7.31. The summed E-state index contributed by atoms with van der Waals surface area (Å²) in [7, 11) is 0. The van der Waals surface area contributed by atoms with E-state index in [-0.39, 0.29) is 6.61 Å². The topological polar surface area (TPSA) is 35.5 Å². The SMILES string of the molecule is CC1NC(c2ccccc2)CN1CCO. The molecule has 1 aromatic carbocycles. The molecule has 2 rings (SSSR count). The molecule has 3 nitrogen and oxygen atoms in total. The average molecular weight is 206 g/mol. The van der Waals surface area contributed by atoms with Gasteiger partial charge < -0.3 is 5.11 Å². The van der Waals surface area contributed by atoms with Gasteiger partial charge in [0.1, 0.15) is 0 Å². The zero-order valence-electron chi connectivity index (χ0n) is 9.06. The highest BCUT2D eigenvalue weighted by Crippen LogP contribution is 2.21. The summed E-state index contributed by atoms with van der Waals surface area (Å²) in [5.41, 5.74) is 1.32. The number of aliphatic hydroxyl groups excluding tert-OH is 1. The van der Waals surface area contributed by atoms with Crippen molar-refractivity contribution in [3.63, 3.8) is 0 Å². The van der Waals surface area contributed by atoms with E-state index in [9.17, 15) is 0 Å². The van der Waals surface area contributed by atoms with Gasteiger partial charge in [-0.2, -0.15) is 0 Å². The van der Waals surface area contributed by atoms with Gasteiger partial charge in [-0.3, -0.25) is 10.2 Å². The first-order valence-electron chi connectivity index (χ1n) is 5.47. The van der Waals surface area contributed by atoms with Crippen molar-refractivity contribution in [2.75, 3.05) is 19.7 Å². The predicted octanol–water partition coefficient (Wildman–Crippen LogP) is 0.971. The smallest absolute Gasteiger partial charge is 0.0574 e. The molecule has 1 saturated heterocycles. The molecule has 1 fully saturated rings. The van der Waals surface area contributed by atoms with Gasteiger partial charge >= 0.3 is 0 Å². The van der Waals surface area contributed by atoms with E-state index in [1.807, 2.05) is 6.07 Å². The fourth-order valence-corrected chi connectivity index (χ4v) is 2.14. The van der Waals surface area contributed by atoms with E-state index in [0.29, 0.717) is 12.2 Å². The second-order valence-electron chi connectivity index (χ2n) is 4.02. The summed E-state index contributed by atoms with van der Waals surface area (Å²) in [5.74, 6) is 0. The molecule has 0 saturated carbocycles. The molecule has 0 aromatic heterocycles. The quantitative estimate of drug-likeness (QED) is 0.773. The number of hydrogen-bond donors (Lipinski definition) is 2. The molecule has 0 radical (unpaired) electrons. The Balaban J connectivity index is 2.03. The molecule has 2 N–H and O–H groups in total. The molecular formula is C12H18N2O. The summed E-state index contributed by atoms with van der Waals surface area (Å²) < 4.78 is 0. The highest BCUT2D eigenvalue weighted by atomic mass is 16.3. The molecule has 1 heterocycles. The zero-order chi connectivity index (χ0) is 10.7. The Morgan fingerprint density at radius 3 is 2.80 bits per heavy atom. The normalized spacial score (nSPS) is 27.1. The lowest BCUT2D eigenvalue weighted by Crippen LogP contribution is -2.34. The van der Waals surface area contributed by atoms with Crippen LogP contribution in [0.2, 0.25) is 0 Å². The lowest BCUT2D eigenvalue weighted by Gasteiger charge is -2.18. The number of nitrogens with one attached hydrogen (secondary N) is 1. The number of aliphatic hydroxyl groups is 1. The third-order valence-corrected chi connectivity index (χ3v) is 3.00. The van der Waals surface area contributed by atoms with Crippen molar-refractivity contribution >= 4 is 0 Å². The van der Waals surface area contributed by atoms with Crippen LogP contribution in [0.1, 0.15) is 18.5 Å². The number of β-amino-alcohol motifs (C(OH)–C–C–N with tert-alkyl or cyclic N) is 1. The van der Waals surface area contributed by atoms with Gasteiger partial charge in [-0.1, -0.05) is 30.3 Å². The van der Waals surface area contributed by atoms with Crippen LogP contribution in [-0.2, 0) is 0 Å². The van der Waals surface area contributed by atoms with Gasteiger partial charge in [0.15, 0.2) is 0 Å². The summed E-state index contributed by atoms with van der Waals surface area (Å²) in [6, 6.07) is 10.9. The van der Waals surface area contributed by atoms with Crippen LogP contribution in [0.25, 0.3) is 0 Å². The third kappa shape index (κ3) is 2.37. The molecule has 0 aliphatic carbocycles. The first kappa shape index (κ1) is 10.6. The molecule has 82 valence electrons. The lowest BCUT2D eigenvalue weighted by molar-refractivity contribution is 0.186. The van der Waals surface area contributed by atoms with E-state index in [2.05, 4.69) is 41.4 Å². The Morgan fingerprint density at radius 1 is 1.40 bits per heavy atom. The van der Waals surface area contributed by atoms with Crippen molar-refractivity contribution in [2.24, 2.45) is 0 Å². The van der Waals surface area contributed by atoms with E-state index < -0.39 is 0 Å². The van der Waals surface area contributed by atoms with E-state index in [1.54, 1.807) is 0 Å². The second-order valence-corrected chi connectivity index (χ2v) is 4.02. The molecular weight excluding hydrogens is 188 g/mol. The van der Waals surface area contributed by atoms with Crippen LogP contribution < -0.4 is 5.32 Å². The summed E-state index contributed by atoms with van der Waals surface area (Å²) in [4.78, 5) is 2.26. The van der Waals surface area contributed by atoms with E-state index in [4.69, 9.17) is 5.11 Å². The van der Waals surface area contributed by atoms with Crippen LogP contribution in [-0.4, -0.2) is 35.9 Å². The predicted molar refractivity (Wildman–Crippen MR) is 60.4 cm³/mol. The van der Waals surface area contributed by atoms with Crippen LogP contribution >= 0.6 is 0 Å². The van der Waals surface area contributed by atoms with Gasteiger partial charge in [-0.15, -0.1) is 0 Å². The van der Waals surface area contributed by atoms with Gasteiger partial charge in [0.25, 0.3) is 0 Å². The van der Waals surface area contributed by atoms with Crippen molar-refractivity contribution in [1.29, 1.82) is 0 Å². The van der Waals surface area contributed by atoms with Crippen LogP contribution in [0, 0.1) is 0 Å². The minimum atomic E-state index is 0.230. The molecule has 0 bridgehead atoms. The molecule has 1 aliphatic heterocycles. The minimum Gasteiger partial charge on any atom is -0.395 e. The van der Waals surface area contributed by atoms with E-state index >= 15 is 0 Å². The molecule has 1 aromatic rings. The maximum absolute atomic E-state index is 8.93. The maximum atomic E-state index is 8.93. The van der Waals surface area contributed by atoms with Crippen molar-refractivity contribution in [1.82, 2.24) is 10.2 Å². The Kier molecular flexibility index (Phi) is 3.36. The zero-order valence-corrected chi connectivity index (χ0v) is 9.06. The van der Waals surface area contributed by atoms with Gasteiger partial charge in [0.05, 0.1) is 12.8 Å². The fraction of sp³-hybridized carbons (Fsp3) is 0.500. The minimum absolute atomic E-state index is 0.230. The van der Waals surface area contributed by atoms with Gasteiger partial charge in [-0.05, 0) is 12.5 Å². The molecule has 2 atom stereocenters. The molecule has 3 heteroatoms. The Hall–Kier alpha value is -0.900. The Morgan fingerprint density at radius 2 is 2.13 bits per heavy atom. The molecule has 15 heavy (non-hydrogen) atoms. The third-order valence-electron chi connectivity index (χ3n) is 3.00. The second kappa shape index (κ2) is 4.75. The standard InChI is InChI=1S/C12H18N2O/c1-10-13-12(9-14(10)7-8-15)11-5-3-2-4-6-11/h2-6,10,12-13,15H,7-9H2,1H3. The van der Waals surface area contributed by atoms with Crippen LogP contribution in [0.15, 0.2) is 30.3 Å². The lowest BCUT2D eigenvalue weighted by atomic mass is 10.1. The van der Waals surface area contributed by atoms with Crippen LogP contribution in [0.5, 0.6) is 0 Å². The van der Waals surface area contributed by atoms with Gasteiger partial charge in [0, 0.05) is 19.1 Å². The molecule has 1 aliphatic rings. The molecule has 0 spiro atoms. The Bertz CT molecular complexity index is 302. The maximum Gasteiger partial charge on any atom is 0.0574 e. The van der Waals surface area contributed by atoms with Gasteiger partial charge in [0.2, 0.25) is 0 Å². The summed E-state index contributed by atoms with van der Waals surface area (Å²) in [5, 5.41) is 12.5. The van der Waals surface area contributed by atoms with Gasteiger partial charge in [-0.25, -0.2) is 0 Å². The largest absolute Gasteiger partial charge is 0.395 e.